The fourth-order valence-corrected chi connectivity index (χ4v) is 3.18. The molecule has 1 N–H and O–H groups in total. The van der Waals surface area contributed by atoms with Gasteiger partial charge in [0.15, 0.2) is 9.84 Å². The van der Waals surface area contributed by atoms with E-state index in [2.05, 4.69) is 5.48 Å². The lowest BCUT2D eigenvalue weighted by molar-refractivity contribution is -0.141. The SMILES string of the molecule is CC(C)(C(=O)NOCC1CC1)C1=CCS(=O)(=O)CC1. The average Bonchev–Trinajstić information content (AvgIpc) is 3.12. The highest BCUT2D eigenvalue weighted by Crippen LogP contribution is 2.32. The molecule has 1 fully saturated rings. The van der Waals surface area contributed by atoms with Crippen LogP contribution >= 0.6 is 0 Å². The molecule has 1 amide bonds. The summed E-state index contributed by atoms with van der Waals surface area (Å²) in [6.45, 7) is 4.16. The van der Waals surface area contributed by atoms with E-state index in [1.54, 1.807) is 19.9 Å². The van der Waals surface area contributed by atoms with Gasteiger partial charge in [-0.3, -0.25) is 9.63 Å². The van der Waals surface area contributed by atoms with Crippen LogP contribution in [0.5, 0.6) is 0 Å². The van der Waals surface area contributed by atoms with E-state index in [-0.39, 0.29) is 17.4 Å². The van der Waals surface area contributed by atoms with E-state index in [4.69, 9.17) is 4.84 Å². The Kier molecular flexibility index (Phi) is 4.01. The molecule has 0 bridgehead atoms. The summed E-state index contributed by atoms with van der Waals surface area (Å²) in [5.74, 6) is 0.529. The summed E-state index contributed by atoms with van der Waals surface area (Å²) in [6.07, 6.45) is 4.43. The molecule has 2 aliphatic rings. The number of carbonyl (C=O) groups excluding carboxylic acids is 1. The van der Waals surface area contributed by atoms with E-state index in [0.29, 0.717) is 18.9 Å². The fraction of sp³-hybridized carbons (Fsp3) is 0.769. The molecular weight excluding hydrogens is 266 g/mol. The molecular formula is C13H21NO4S. The van der Waals surface area contributed by atoms with Crippen molar-refractivity contribution in [2.24, 2.45) is 11.3 Å². The summed E-state index contributed by atoms with van der Waals surface area (Å²) in [5.41, 5.74) is 2.63. The molecule has 0 aromatic heterocycles. The lowest BCUT2D eigenvalue weighted by atomic mass is 9.81. The first-order valence-electron chi connectivity index (χ1n) is 6.63. The van der Waals surface area contributed by atoms with Gasteiger partial charge in [-0.2, -0.15) is 0 Å². The molecule has 108 valence electrons. The fourth-order valence-electron chi connectivity index (χ4n) is 2.03. The van der Waals surface area contributed by atoms with Crippen molar-refractivity contribution < 1.29 is 18.0 Å². The minimum atomic E-state index is -2.96. The summed E-state index contributed by atoms with van der Waals surface area (Å²) in [7, 11) is -2.96. The minimum Gasteiger partial charge on any atom is -0.273 e. The summed E-state index contributed by atoms with van der Waals surface area (Å²) in [6, 6.07) is 0. The number of amides is 1. The Balaban J connectivity index is 1.92. The zero-order valence-corrected chi connectivity index (χ0v) is 12.3. The number of sulfone groups is 1. The molecule has 1 aliphatic heterocycles. The first kappa shape index (κ1) is 14.5. The molecule has 0 aromatic carbocycles. The molecule has 0 saturated heterocycles. The molecule has 0 aromatic rings. The number of hydrogen-bond acceptors (Lipinski definition) is 4. The third-order valence-corrected chi connectivity index (χ3v) is 5.32. The van der Waals surface area contributed by atoms with Crippen LogP contribution in [0.1, 0.15) is 33.1 Å². The van der Waals surface area contributed by atoms with Crippen LogP contribution in [0.2, 0.25) is 0 Å². The van der Waals surface area contributed by atoms with Crippen LogP contribution in [0.15, 0.2) is 11.6 Å². The van der Waals surface area contributed by atoms with E-state index in [0.717, 1.165) is 5.57 Å². The predicted molar refractivity (Wildman–Crippen MR) is 72.0 cm³/mol. The van der Waals surface area contributed by atoms with Crippen LogP contribution in [0.3, 0.4) is 0 Å². The molecule has 1 saturated carbocycles. The Labute approximate surface area is 114 Å². The largest absolute Gasteiger partial charge is 0.273 e. The third kappa shape index (κ3) is 3.79. The second kappa shape index (κ2) is 5.25. The van der Waals surface area contributed by atoms with Gasteiger partial charge in [-0.25, -0.2) is 13.9 Å². The molecule has 0 unspecified atom stereocenters. The monoisotopic (exact) mass is 287 g/mol. The first-order chi connectivity index (χ1) is 8.81. The zero-order valence-electron chi connectivity index (χ0n) is 11.4. The number of carbonyl (C=O) groups is 1. The maximum Gasteiger partial charge on any atom is 0.253 e. The zero-order chi connectivity index (χ0) is 14.1. The maximum absolute atomic E-state index is 12.1. The van der Waals surface area contributed by atoms with Crippen molar-refractivity contribution in [2.75, 3.05) is 18.1 Å². The quantitative estimate of drug-likeness (QED) is 0.609. The lowest BCUT2D eigenvalue weighted by Crippen LogP contribution is -2.40. The highest BCUT2D eigenvalue weighted by atomic mass is 32.2. The van der Waals surface area contributed by atoms with Crippen molar-refractivity contribution in [2.45, 2.75) is 33.1 Å². The van der Waals surface area contributed by atoms with Gasteiger partial charge >= 0.3 is 0 Å². The second-order valence-corrected chi connectivity index (χ2v) is 8.13. The molecule has 2 rings (SSSR count). The van der Waals surface area contributed by atoms with Crippen molar-refractivity contribution in [3.63, 3.8) is 0 Å². The Hall–Kier alpha value is -0.880. The molecule has 19 heavy (non-hydrogen) atoms. The third-order valence-electron chi connectivity index (χ3n) is 3.82. The molecule has 0 atom stereocenters. The summed E-state index contributed by atoms with van der Waals surface area (Å²) in [4.78, 5) is 17.3. The van der Waals surface area contributed by atoms with Gasteiger partial charge in [0, 0.05) is 0 Å². The standard InChI is InChI=1S/C13H21NO4S/c1-13(2,11-5-7-19(16,17)8-6-11)12(15)14-18-9-10-3-4-10/h5,10H,3-4,6-9H2,1-2H3,(H,14,15). The van der Waals surface area contributed by atoms with Gasteiger partial charge in [-0.05, 0) is 39.0 Å². The van der Waals surface area contributed by atoms with Crippen molar-refractivity contribution in [1.29, 1.82) is 0 Å². The number of rotatable bonds is 5. The van der Waals surface area contributed by atoms with Gasteiger partial charge in [-0.15, -0.1) is 0 Å². The van der Waals surface area contributed by atoms with Crippen LogP contribution < -0.4 is 5.48 Å². The predicted octanol–water partition coefficient (Wildman–Crippen LogP) is 1.22. The summed E-state index contributed by atoms with van der Waals surface area (Å²) >= 11 is 0. The minimum absolute atomic E-state index is 0.0297. The highest BCUT2D eigenvalue weighted by molar-refractivity contribution is 7.91. The van der Waals surface area contributed by atoms with Gasteiger partial charge in [0.25, 0.3) is 5.91 Å². The Morgan fingerprint density at radius 1 is 1.47 bits per heavy atom. The Morgan fingerprint density at radius 2 is 2.16 bits per heavy atom. The number of hydrogen-bond donors (Lipinski definition) is 1. The summed E-state index contributed by atoms with van der Waals surface area (Å²) < 4.78 is 22.8. The van der Waals surface area contributed by atoms with Gasteiger partial charge in [0.2, 0.25) is 0 Å². The molecule has 0 spiro atoms. The normalized spacial score (nSPS) is 22.7. The maximum atomic E-state index is 12.1. The molecule has 5 nitrogen and oxygen atoms in total. The second-order valence-electron chi connectivity index (χ2n) is 5.90. The van der Waals surface area contributed by atoms with Crippen molar-refractivity contribution in [1.82, 2.24) is 5.48 Å². The van der Waals surface area contributed by atoms with Crippen molar-refractivity contribution in [3.05, 3.63) is 11.6 Å². The van der Waals surface area contributed by atoms with Crippen molar-refractivity contribution in [3.8, 4) is 0 Å². The number of nitrogens with one attached hydrogen (secondary N) is 1. The van der Waals surface area contributed by atoms with Crippen LogP contribution in [0.4, 0.5) is 0 Å². The number of hydroxylamine groups is 1. The molecule has 1 heterocycles. The smallest absolute Gasteiger partial charge is 0.253 e. The van der Waals surface area contributed by atoms with Gasteiger partial charge < -0.3 is 0 Å². The van der Waals surface area contributed by atoms with E-state index < -0.39 is 15.3 Å². The molecule has 0 radical (unpaired) electrons. The topological polar surface area (TPSA) is 72.5 Å². The van der Waals surface area contributed by atoms with Crippen molar-refractivity contribution >= 4 is 15.7 Å². The Morgan fingerprint density at radius 3 is 2.68 bits per heavy atom. The molecule has 6 heteroatoms. The van der Waals surface area contributed by atoms with Gasteiger partial charge in [0.05, 0.1) is 23.5 Å². The van der Waals surface area contributed by atoms with Crippen LogP contribution in [-0.4, -0.2) is 32.4 Å². The van der Waals surface area contributed by atoms with Crippen LogP contribution in [0.25, 0.3) is 0 Å². The van der Waals surface area contributed by atoms with E-state index in [1.807, 2.05) is 0 Å². The van der Waals surface area contributed by atoms with E-state index in [9.17, 15) is 13.2 Å². The van der Waals surface area contributed by atoms with Crippen LogP contribution in [0, 0.1) is 11.3 Å². The van der Waals surface area contributed by atoms with E-state index >= 15 is 0 Å². The Bertz CT molecular complexity index is 489. The van der Waals surface area contributed by atoms with Crippen LogP contribution in [-0.2, 0) is 19.5 Å². The average molecular weight is 287 g/mol. The molecule has 1 aliphatic carbocycles. The highest BCUT2D eigenvalue weighted by Gasteiger charge is 2.35. The first-order valence-corrected chi connectivity index (χ1v) is 8.45. The van der Waals surface area contributed by atoms with Gasteiger partial charge in [0.1, 0.15) is 0 Å². The summed E-state index contributed by atoms with van der Waals surface area (Å²) in [5, 5.41) is 0. The van der Waals surface area contributed by atoms with Gasteiger partial charge in [-0.1, -0.05) is 11.6 Å². The van der Waals surface area contributed by atoms with E-state index in [1.165, 1.54) is 12.8 Å². The lowest BCUT2D eigenvalue weighted by Gasteiger charge is -2.28.